The molecule has 7 nitrogen and oxygen atoms in total. The lowest BCUT2D eigenvalue weighted by Gasteiger charge is -2.18. The fourth-order valence-electron chi connectivity index (χ4n) is 3.24. The number of sulfone groups is 1. The van der Waals surface area contributed by atoms with Gasteiger partial charge in [-0.1, -0.05) is 36.4 Å². The number of carbonyl (C=O) groups is 1. The molecule has 1 fully saturated rings. The number of nitriles is 1. The van der Waals surface area contributed by atoms with Crippen LogP contribution in [0.2, 0.25) is 0 Å². The molecule has 158 valence electrons. The van der Waals surface area contributed by atoms with Crippen molar-refractivity contribution in [3.8, 4) is 17.2 Å². The molecule has 2 N–H and O–H groups in total. The lowest BCUT2D eigenvalue weighted by molar-refractivity contribution is -0.132. The molecule has 2 aromatic rings. The van der Waals surface area contributed by atoms with Crippen molar-refractivity contribution < 1.29 is 17.9 Å². The van der Waals surface area contributed by atoms with Crippen LogP contribution in [0.25, 0.3) is 11.1 Å². The van der Waals surface area contributed by atoms with E-state index in [0.29, 0.717) is 19.6 Å². The predicted molar refractivity (Wildman–Crippen MR) is 113 cm³/mol. The molecule has 1 aliphatic heterocycles. The minimum absolute atomic E-state index is 0.279. The van der Waals surface area contributed by atoms with Gasteiger partial charge in [-0.25, -0.2) is 8.42 Å². The normalized spacial score (nSPS) is 18.1. The van der Waals surface area contributed by atoms with E-state index in [2.05, 4.69) is 16.7 Å². The number of hydrogen-bond donors (Lipinski definition) is 2. The first kappa shape index (κ1) is 22.0. The Hall–Kier alpha value is -2.73. The standard InChI is InChI=1S/C22H25N3O4S/c1-30(27,28)20-9-7-18(8-10-20)17-5-3-16(4-6-17)13-19(14-23)25-22(26)21-15-24-11-2-12-29-21/h3-10,19,21,24H,2,11-13,15H2,1H3,(H,25,26). The van der Waals surface area contributed by atoms with E-state index in [1.165, 1.54) is 6.26 Å². The molecule has 1 amide bonds. The van der Waals surface area contributed by atoms with E-state index in [4.69, 9.17) is 4.74 Å². The highest BCUT2D eigenvalue weighted by Gasteiger charge is 2.23. The summed E-state index contributed by atoms with van der Waals surface area (Å²) in [5, 5.41) is 15.4. The van der Waals surface area contributed by atoms with Crippen LogP contribution >= 0.6 is 0 Å². The lowest BCUT2D eigenvalue weighted by atomic mass is 10.0. The van der Waals surface area contributed by atoms with Crippen molar-refractivity contribution in [2.45, 2.75) is 29.9 Å². The van der Waals surface area contributed by atoms with Crippen LogP contribution in [0.1, 0.15) is 12.0 Å². The summed E-state index contributed by atoms with van der Waals surface area (Å²) in [5.74, 6) is -0.279. The number of carbonyl (C=O) groups excluding carboxylic acids is 1. The molecular weight excluding hydrogens is 402 g/mol. The van der Waals surface area contributed by atoms with Gasteiger partial charge in [-0.15, -0.1) is 0 Å². The van der Waals surface area contributed by atoms with Crippen LogP contribution in [0.4, 0.5) is 0 Å². The number of hydrogen-bond acceptors (Lipinski definition) is 6. The van der Waals surface area contributed by atoms with E-state index in [1.54, 1.807) is 24.3 Å². The van der Waals surface area contributed by atoms with Crippen LogP contribution in [-0.2, 0) is 25.8 Å². The molecule has 2 unspecified atom stereocenters. The van der Waals surface area contributed by atoms with Gasteiger partial charge in [-0.2, -0.15) is 5.26 Å². The summed E-state index contributed by atoms with van der Waals surface area (Å²) >= 11 is 0. The van der Waals surface area contributed by atoms with E-state index in [1.807, 2.05) is 24.3 Å². The Morgan fingerprint density at radius 3 is 2.43 bits per heavy atom. The fourth-order valence-corrected chi connectivity index (χ4v) is 3.87. The molecule has 2 atom stereocenters. The molecule has 0 aliphatic carbocycles. The van der Waals surface area contributed by atoms with E-state index in [-0.39, 0.29) is 10.8 Å². The van der Waals surface area contributed by atoms with Crippen LogP contribution in [-0.4, -0.2) is 52.4 Å². The SMILES string of the molecule is CS(=O)(=O)c1ccc(-c2ccc(CC(C#N)NC(=O)C3CNCCCO3)cc2)cc1. The Kier molecular flexibility index (Phi) is 7.21. The second-order valence-corrected chi connectivity index (χ2v) is 9.32. The van der Waals surface area contributed by atoms with Crippen LogP contribution in [0.3, 0.4) is 0 Å². The van der Waals surface area contributed by atoms with E-state index in [0.717, 1.165) is 29.7 Å². The number of rotatable bonds is 6. The van der Waals surface area contributed by atoms with Crippen LogP contribution in [0.5, 0.6) is 0 Å². The highest BCUT2D eigenvalue weighted by Crippen LogP contribution is 2.22. The zero-order chi connectivity index (χ0) is 21.6. The largest absolute Gasteiger partial charge is 0.367 e. The molecule has 0 bridgehead atoms. The fraction of sp³-hybridized carbons (Fsp3) is 0.364. The molecule has 1 saturated heterocycles. The van der Waals surface area contributed by atoms with Gasteiger partial charge in [0.25, 0.3) is 5.91 Å². The molecule has 0 saturated carbocycles. The predicted octanol–water partition coefficient (Wildman–Crippen LogP) is 1.69. The van der Waals surface area contributed by atoms with Gasteiger partial charge in [0, 0.05) is 25.8 Å². The first-order valence-corrected chi connectivity index (χ1v) is 11.7. The highest BCUT2D eigenvalue weighted by atomic mass is 32.2. The molecule has 30 heavy (non-hydrogen) atoms. The third-order valence-corrected chi connectivity index (χ3v) is 6.05. The van der Waals surface area contributed by atoms with Crippen LogP contribution < -0.4 is 10.6 Å². The molecule has 8 heteroatoms. The van der Waals surface area contributed by atoms with Gasteiger partial charge in [-0.05, 0) is 41.8 Å². The zero-order valence-electron chi connectivity index (χ0n) is 16.8. The van der Waals surface area contributed by atoms with E-state index >= 15 is 0 Å². The maximum absolute atomic E-state index is 12.4. The average Bonchev–Trinajstić information content (AvgIpc) is 3.03. The van der Waals surface area contributed by atoms with Crippen molar-refractivity contribution in [1.82, 2.24) is 10.6 Å². The highest BCUT2D eigenvalue weighted by molar-refractivity contribution is 7.90. The summed E-state index contributed by atoms with van der Waals surface area (Å²) < 4.78 is 28.7. The topological polar surface area (TPSA) is 108 Å². The molecule has 0 aromatic heterocycles. The zero-order valence-corrected chi connectivity index (χ0v) is 17.6. The molecule has 2 aromatic carbocycles. The van der Waals surface area contributed by atoms with Crippen molar-refractivity contribution in [1.29, 1.82) is 5.26 Å². The Balaban J connectivity index is 1.62. The summed E-state index contributed by atoms with van der Waals surface area (Å²) in [6, 6.07) is 15.8. The van der Waals surface area contributed by atoms with Crippen LogP contribution in [0.15, 0.2) is 53.4 Å². The third kappa shape index (κ3) is 5.89. The number of nitrogens with zero attached hydrogens (tertiary/aromatic N) is 1. The van der Waals surface area contributed by atoms with Gasteiger partial charge in [0.1, 0.15) is 12.1 Å². The molecule has 3 rings (SSSR count). The van der Waals surface area contributed by atoms with E-state index in [9.17, 15) is 18.5 Å². The summed E-state index contributed by atoms with van der Waals surface area (Å²) in [6.45, 7) is 1.78. The lowest BCUT2D eigenvalue weighted by Crippen LogP contribution is -2.46. The molecule has 1 aliphatic rings. The maximum atomic E-state index is 12.4. The second-order valence-electron chi connectivity index (χ2n) is 7.30. The van der Waals surface area contributed by atoms with Gasteiger partial charge >= 0.3 is 0 Å². The number of amides is 1. The summed E-state index contributed by atoms with van der Waals surface area (Å²) in [4.78, 5) is 12.7. The Labute approximate surface area is 177 Å². The van der Waals surface area contributed by atoms with Crippen molar-refractivity contribution >= 4 is 15.7 Å². The van der Waals surface area contributed by atoms with Gasteiger partial charge in [0.15, 0.2) is 9.84 Å². The van der Waals surface area contributed by atoms with Crippen molar-refractivity contribution in [2.75, 3.05) is 26.0 Å². The molecule has 0 spiro atoms. The quantitative estimate of drug-likeness (QED) is 0.726. The first-order chi connectivity index (χ1) is 14.4. The van der Waals surface area contributed by atoms with E-state index < -0.39 is 22.0 Å². The number of ether oxygens (including phenoxy) is 1. The van der Waals surface area contributed by atoms with Gasteiger partial charge in [-0.3, -0.25) is 4.79 Å². The van der Waals surface area contributed by atoms with Gasteiger partial charge < -0.3 is 15.4 Å². The Bertz CT molecular complexity index is 1000. The Morgan fingerprint density at radius 1 is 1.20 bits per heavy atom. The van der Waals surface area contributed by atoms with Crippen molar-refractivity contribution in [3.63, 3.8) is 0 Å². The van der Waals surface area contributed by atoms with Crippen LogP contribution in [0, 0.1) is 11.3 Å². The second kappa shape index (κ2) is 9.85. The Morgan fingerprint density at radius 2 is 1.83 bits per heavy atom. The minimum atomic E-state index is -3.22. The number of benzene rings is 2. The molecule has 0 radical (unpaired) electrons. The van der Waals surface area contributed by atoms with Crippen molar-refractivity contribution in [3.05, 3.63) is 54.1 Å². The van der Waals surface area contributed by atoms with Crippen molar-refractivity contribution in [2.24, 2.45) is 0 Å². The van der Waals surface area contributed by atoms with Gasteiger partial charge in [0.2, 0.25) is 0 Å². The number of nitrogens with one attached hydrogen (secondary N) is 2. The summed E-state index contributed by atoms with van der Waals surface area (Å²) in [7, 11) is -3.22. The monoisotopic (exact) mass is 427 g/mol. The van der Waals surface area contributed by atoms with Gasteiger partial charge in [0.05, 0.1) is 11.0 Å². The summed E-state index contributed by atoms with van der Waals surface area (Å²) in [6.07, 6.45) is 1.84. The average molecular weight is 428 g/mol. The molecule has 1 heterocycles. The minimum Gasteiger partial charge on any atom is -0.367 e. The summed E-state index contributed by atoms with van der Waals surface area (Å²) in [5.41, 5.74) is 2.75. The first-order valence-electron chi connectivity index (χ1n) is 9.78. The third-order valence-electron chi connectivity index (χ3n) is 4.92. The molecular formula is C22H25N3O4S. The smallest absolute Gasteiger partial charge is 0.251 e. The maximum Gasteiger partial charge on any atom is 0.251 e.